The van der Waals surface area contributed by atoms with Crippen LogP contribution in [0.1, 0.15) is 40.2 Å². The number of benzene rings is 1. The van der Waals surface area contributed by atoms with E-state index in [4.69, 9.17) is 10.2 Å². The fourth-order valence-corrected chi connectivity index (χ4v) is 1.98. The first-order valence-electron chi connectivity index (χ1n) is 6.75. The summed E-state index contributed by atoms with van der Waals surface area (Å²) in [5, 5.41) is 2.90. The van der Waals surface area contributed by atoms with Gasteiger partial charge in [0.05, 0.1) is 18.8 Å². The van der Waals surface area contributed by atoms with Crippen molar-refractivity contribution in [3.8, 4) is 11.8 Å². The number of hydrogen-bond donors (Lipinski definition) is 2. The minimum absolute atomic E-state index is 0.139. The van der Waals surface area contributed by atoms with Crippen LogP contribution in [0.2, 0.25) is 0 Å². The molecule has 21 heavy (non-hydrogen) atoms. The molecule has 0 saturated heterocycles. The molecule has 0 saturated carbocycles. The van der Waals surface area contributed by atoms with E-state index in [1.54, 1.807) is 18.4 Å². The standard InChI is InChI=1S/C17H18N2O2/c1-12-11-15(8-7-14(12)5-3-9-18)17(20)19-13(2)16-6-4-10-21-16/h4,6-8,10-11,13H,9,18H2,1-2H3,(H,19,20). The Hall–Kier alpha value is -2.51. The second-order valence-electron chi connectivity index (χ2n) is 4.75. The predicted octanol–water partition coefficient (Wildman–Crippen LogP) is 2.39. The van der Waals surface area contributed by atoms with Crippen LogP contribution >= 0.6 is 0 Å². The van der Waals surface area contributed by atoms with Crippen LogP contribution in [-0.2, 0) is 0 Å². The first kappa shape index (κ1) is 14.9. The molecule has 0 aliphatic heterocycles. The summed E-state index contributed by atoms with van der Waals surface area (Å²) >= 11 is 0. The van der Waals surface area contributed by atoms with E-state index in [-0.39, 0.29) is 11.9 Å². The lowest BCUT2D eigenvalue weighted by molar-refractivity contribution is 0.0935. The third kappa shape index (κ3) is 3.74. The molecule has 1 unspecified atom stereocenters. The number of hydrogen-bond acceptors (Lipinski definition) is 3. The van der Waals surface area contributed by atoms with Crippen molar-refractivity contribution in [2.24, 2.45) is 5.73 Å². The van der Waals surface area contributed by atoms with Crippen molar-refractivity contribution in [1.82, 2.24) is 5.32 Å². The topological polar surface area (TPSA) is 68.3 Å². The molecule has 0 aliphatic rings. The number of amides is 1. The van der Waals surface area contributed by atoms with Gasteiger partial charge in [-0.3, -0.25) is 4.79 Å². The lowest BCUT2D eigenvalue weighted by Gasteiger charge is -2.12. The summed E-state index contributed by atoms with van der Waals surface area (Å²) in [6, 6.07) is 8.88. The molecule has 2 rings (SSSR count). The predicted molar refractivity (Wildman–Crippen MR) is 81.7 cm³/mol. The van der Waals surface area contributed by atoms with Gasteiger partial charge >= 0.3 is 0 Å². The highest BCUT2D eigenvalue weighted by atomic mass is 16.3. The Morgan fingerprint density at radius 2 is 2.24 bits per heavy atom. The van der Waals surface area contributed by atoms with Crippen LogP contribution in [0.4, 0.5) is 0 Å². The highest BCUT2D eigenvalue weighted by Gasteiger charge is 2.13. The molecule has 3 N–H and O–H groups in total. The van der Waals surface area contributed by atoms with Gasteiger partial charge in [-0.25, -0.2) is 0 Å². The number of aryl methyl sites for hydroxylation is 1. The van der Waals surface area contributed by atoms with Gasteiger partial charge in [-0.05, 0) is 49.7 Å². The molecule has 4 heteroatoms. The molecule has 1 amide bonds. The van der Waals surface area contributed by atoms with Gasteiger partial charge in [0, 0.05) is 11.1 Å². The van der Waals surface area contributed by atoms with E-state index in [1.807, 2.05) is 32.0 Å². The molecule has 4 nitrogen and oxygen atoms in total. The normalized spacial score (nSPS) is 11.4. The Bertz CT molecular complexity index is 679. The third-order valence-corrected chi connectivity index (χ3v) is 3.13. The molecule has 1 aromatic carbocycles. The van der Waals surface area contributed by atoms with E-state index >= 15 is 0 Å². The molecule has 1 atom stereocenters. The van der Waals surface area contributed by atoms with Crippen LogP contribution in [0.15, 0.2) is 41.0 Å². The average Bonchev–Trinajstić information content (AvgIpc) is 3.00. The number of carbonyl (C=O) groups excluding carboxylic acids is 1. The molecule has 0 bridgehead atoms. The number of furan rings is 1. The summed E-state index contributed by atoms with van der Waals surface area (Å²) < 4.78 is 5.27. The van der Waals surface area contributed by atoms with E-state index in [2.05, 4.69) is 17.2 Å². The minimum Gasteiger partial charge on any atom is -0.467 e. The summed E-state index contributed by atoms with van der Waals surface area (Å²) in [7, 11) is 0. The van der Waals surface area contributed by atoms with Crippen LogP contribution in [0.3, 0.4) is 0 Å². The van der Waals surface area contributed by atoms with Gasteiger partial charge in [-0.15, -0.1) is 0 Å². The number of nitrogens with one attached hydrogen (secondary N) is 1. The van der Waals surface area contributed by atoms with Crippen LogP contribution in [0.25, 0.3) is 0 Å². The van der Waals surface area contributed by atoms with Crippen molar-refractivity contribution in [1.29, 1.82) is 0 Å². The van der Waals surface area contributed by atoms with Crippen molar-refractivity contribution in [3.05, 3.63) is 59.0 Å². The van der Waals surface area contributed by atoms with Gasteiger partial charge in [-0.1, -0.05) is 11.8 Å². The van der Waals surface area contributed by atoms with E-state index in [0.717, 1.165) is 16.9 Å². The summed E-state index contributed by atoms with van der Waals surface area (Å²) in [5.74, 6) is 6.38. The molecule has 0 fully saturated rings. The van der Waals surface area contributed by atoms with Gasteiger partial charge in [0.2, 0.25) is 0 Å². The molecule has 108 valence electrons. The maximum atomic E-state index is 12.2. The van der Waals surface area contributed by atoms with Crippen molar-refractivity contribution in [3.63, 3.8) is 0 Å². The minimum atomic E-state index is -0.176. The highest BCUT2D eigenvalue weighted by molar-refractivity contribution is 5.94. The van der Waals surface area contributed by atoms with E-state index < -0.39 is 0 Å². The maximum absolute atomic E-state index is 12.2. The number of nitrogens with two attached hydrogens (primary N) is 1. The molecule has 1 aromatic heterocycles. The summed E-state index contributed by atoms with van der Waals surface area (Å²) in [5.41, 5.74) is 7.80. The van der Waals surface area contributed by atoms with Crippen molar-refractivity contribution in [2.75, 3.05) is 6.54 Å². The third-order valence-electron chi connectivity index (χ3n) is 3.13. The van der Waals surface area contributed by atoms with Crippen molar-refractivity contribution >= 4 is 5.91 Å². The largest absolute Gasteiger partial charge is 0.467 e. The summed E-state index contributed by atoms with van der Waals surface area (Å²) in [6.45, 7) is 4.13. The van der Waals surface area contributed by atoms with Crippen molar-refractivity contribution in [2.45, 2.75) is 19.9 Å². The SMILES string of the molecule is Cc1cc(C(=O)NC(C)c2ccco2)ccc1C#CCN. The van der Waals surface area contributed by atoms with Crippen LogP contribution in [0, 0.1) is 18.8 Å². The molecule has 0 aliphatic carbocycles. The van der Waals surface area contributed by atoms with Gasteiger partial charge < -0.3 is 15.5 Å². The average molecular weight is 282 g/mol. The van der Waals surface area contributed by atoms with Crippen LogP contribution < -0.4 is 11.1 Å². The summed E-state index contributed by atoms with van der Waals surface area (Å²) in [4.78, 5) is 12.2. The van der Waals surface area contributed by atoms with Gasteiger partial charge in [0.15, 0.2) is 0 Å². The van der Waals surface area contributed by atoms with E-state index in [1.165, 1.54) is 0 Å². The number of carbonyl (C=O) groups is 1. The Morgan fingerprint density at radius 3 is 2.86 bits per heavy atom. The number of rotatable bonds is 3. The summed E-state index contributed by atoms with van der Waals surface area (Å²) in [6.07, 6.45) is 1.59. The lowest BCUT2D eigenvalue weighted by atomic mass is 10.0. The molecule has 0 spiro atoms. The zero-order valence-corrected chi connectivity index (χ0v) is 12.1. The second kappa shape index (κ2) is 6.78. The lowest BCUT2D eigenvalue weighted by Crippen LogP contribution is -2.26. The van der Waals surface area contributed by atoms with E-state index in [0.29, 0.717) is 12.1 Å². The Kier molecular flexibility index (Phi) is 4.81. The zero-order valence-electron chi connectivity index (χ0n) is 12.1. The fraction of sp³-hybridized carbons (Fsp3) is 0.235. The molecule has 2 aromatic rings. The van der Waals surface area contributed by atoms with E-state index in [9.17, 15) is 4.79 Å². The quantitative estimate of drug-likeness (QED) is 0.849. The molecular weight excluding hydrogens is 264 g/mol. The molecular formula is C17H18N2O2. The maximum Gasteiger partial charge on any atom is 0.251 e. The monoisotopic (exact) mass is 282 g/mol. The highest BCUT2D eigenvalue weighted by Crippen LogP contribution is 2.15. The Morgan fingerprint density at radius 1 is 1.43 bits per heavy atom. The smallest absolute Gasteiger partial charge is 0.251 e. The van der Waals surface area contributed by atoms with Crippen molar-refractivity contribution < 1.29 is 9.21 Å². The first-order chi connectivity index (χ1) is 10.1. The Labute approximate surface area is 124 Å². The molecule has 0 radical (unpaired) electrons. The second-order valence-corrected chi connectivity index (χ2v) is 4.75. The van der Waals surface area contributed by atoms with Gasteiger partial charge in [0.1, 0.15) is 5.76 Å². The fourth-order valence-electron chi connectivity index (χ4n) is 1.98. The van der Waals surface area contributed by atoms with Crippen LogP contribution in [0.5, 0.6) is 0 Å². The molecule has 1 heterocycles. The zero-order chi connectivity index (χ0) is 15.2. The first-order valence-corrected chi connectivity index (χ1v) is 6.75. The van der Waals surface area contributed by atoms with Gasteiger partial charge in [0.25, 0.3) is 5.91 Å². The Balaban J connectivity index is 2.11. The van der Waals surface area contributed by atoms with Gasteiger partial charge in [-0.2, -0.15) is 0 Å². The van der Waals surface area contributed by atoms with Crippen LogP contribution in [-0.4, -0.2) is 12.5 Å².